The van der Waals surface area contributed by atoms with E-state index in [9.17, 15) is 14.4 Å². The van der Waals surface area contributed by atoms with Gasteiger partial charge in [0.25, 0.3) is 11.8 Å². The Balaban J connectivity index is 1.38. The minimum absolute atomic E-state index is 0.183. The van der Waals surface area contributed by atoms with E-state index in [1.807, 2.05) is 11.9 Å². The van der Waals surface area contributed by atoms with Crippen molar-refractivity contribution in [2.24, 2.45) is 0 Å². The monoisotopic (exact) mass is 374 g/mol. The first-order valence-corrected chi connectivity index (χ1v) is 10.5. The smallest absolute Gasteiger partial charge is 0.261 e. The van der Waals surface area contributed by atoms with Gasteiger partial charge in [-0.05, 0) is 37.1 Å². The number of thioether (sulfide) groups is 1. The number of benzene rings is 1. The molecule has 1 aromatic rings. The zero-order chi connectivity index (χ0) is 18.5. The van der Waals surface area contributed by atoms with Crippen LogP contribution in [0.1, 0.15) is 59.2 Å². The Labute approximate surface area is 159 Å². The summed E-state index contributed by atoms with van der Waals surface area (Å²) >= 11 is 1.58. The number of carbonyl (C=O) groups is 3. The normalized spacial score (nSPS) is 17.5. The van der Waals surface area contributed by atoms with E-state index >= 15 is 0 Å². The summed E-state index contributed by atoms with van der Waals surface area (Å²) in [6, 6.07) is 7.35. The highest BCUT2D eigenvalue weighted by Crippen LogP contribution is 2.24. The van der Waals surface area contributed by atoms with Crippen LogP contribution in [0.3, 0.4) is 0 Å². The predicted molar refractivity (Wildman–Crippen MR) is 103 cm³/mol. The van der Waals surface area contributed by atoms with Gasteiger partial charge in [-0.2, -0.15) is 11.8 Å². The molecular weight excluding hydrogens is 348 g/mol. The molecule has 0 bridgehead atoms. The lowest BCUT2D eigenvalue weighted by Crippen LogP contribution is -2.39. The first-order valence-electron chi connectivity index (χ1n) is 9.38. The van der Waals surface area contributed by atoms with Crippen molar-refractivity contribution >= 4 is 29.5 Å². The number of amides is 3. The Morgan fingerprint density at radius 2 is 1.73 bits per heavy atom. The maximum atomic E-state index is 12.3. The number of imide groups is 1. The molecule has 0 atom stereocenters. The van der Waals surface area contributed by atoms with Crippen LogP contribution in [0.4, 0.5) is 0 Å². The molecule has 0 radical (unpaired) electrons. The molecule has 140 valence electrons. The average molecular weight is 375 g/mol. The van der Waals surface area contributed by atoms with Crippen LogP contribution >= 0.6 is 11.8 Å². The van der Waals surface area contributed by atoms with E-state index < -0.39 is 0 Å². The van der Waals surface area contributed by atoms with Crippen molar-refractivity contribution in [3.63, 3.8) is 0 Å². The molecule has 1 heterocycles. The van der Waals surface area contributed by atoms with Crippen molar-refractivity contribution < 1.29 is 14.4 Å². The lowest BCUT2D eigenvalue weighted by atomic mass is 9.94. The van der Waals surface area contributed by atoms with Crippen molar-refractivity contribution in [2.45, 2.75) is 44.6 Å². The molecule has 5 nitrogen and oxygen atoms in total. The van der Waals surface area contributed by atoms with Gasteiger partial charge in [0.1, 0.15) is 0 Å². The van der Waals surface area contributed by atoms with E-state index in [4.69, 9.17) is 0 Å². The SMILES string of the molecule is CN(C(=O)CSCCCN1C(=O)c2ccccc2C1=O)C1CCCCC1. The summed E-state index contributed by atoms with van der Waals surface area (Å²) in [7, 11) is 1.91. The van der Waals surface area contributed by atoms with E-state index in [0.717, 1.165) is 18.6 Å². The molecule has 1 saturated carbocycles. The molecular formula is C20H26N2O3S. The average Bonchev–Trinajstić information content (AvgIpc) is 2.92. The lowest BCUT2D eigenvalue weighted by molar-refractivity contribution is -0.129. The summed E-state index contributed by atoms with van der Waals surface area (Å²) in [6.45, 7) is 0.409. The summed E-state index contributed by atoms with van der Waals surface area (Å²) in [6.07, 6.45) is 6.66. The Morgan fingerprint density at radius 1 is 1.12 bits per heavy atom. The maximum Gasteiger partial charge on any atom is 0.261 e. The summed E-state index contributed by atoms with van der Waals surface area (Å²) in [5, 5.41) is 0. The van der Waals surface area contributed by atoms with Crippen LogP contribution in [0.25, 0.3) is 0 Å². The summed E-state index contributed by atoms with van der Waals surface area (Å²) < 4.78 is 0. The third-order valence-corrected chi connectivity index (χ3v) is 6.32. The van der Waals surface area contributed by atoms with Crippen LogP contribution in [0, 0.1) is 0 Å². The van der Waals surface area contributed by atoms with Gasteiger partial charge in [-0.3, -0.25) is 19.3 Å². The van der Waals surface area contributed by atoms with Crippen molar-refractivity contribution in [3.05, 3.63) is 35.4 Å². The highest BCUT2D eigenvalue weighted by molar-refractivity contribution is 7.99. The molecule has 26 heavy (non-hydrogen) atoms. The molecule has 1 aliphatic heterocycles. The Kier molecular flexibility index (Phi) is 6.35. The van der Waals surface area contributed by atoms with Gasteiger partial charge >= 0.3 is 0 Å². The molecule has 3 rings (SSSR count). The molecule has 0 saturated heterocycles. The molecule has 0 unspecified atom stereocenters. The Bertz CT molecular complexity index is 650. The molecule has 0 N–H and O–H groups in total. The molecule has 0 spiro atoms. The van der Waals surface area contributed by atoms with Gasteiger partial charge in [0.05, 0.1) is 16.9 Å². The molecule has 6 heteroatoms. The van der Waals surface area contributed by atoms with Crippen molar-refractivity contribution in [3.8, 4) is 0 Å². The van der Waals surface area contributed by atoms with Crippen LogP contribution in [-0.4, -0.2) is 58.7 Å². The molecule has 0 aromatic heterocycles. The number of hydrogen-bond donors (Lipinski definition) is 0. The molecule has 1 fully saturated rings. The lowest BCUT2D eigenvalue weighted by Gasteiger charge is -2.31. The number of hydrogen-bond acceptors (Lipinski definition) is 4. The number of nitrogens with zero attached hydrogens (tertiary/aromatic N) is 2. The van der Waals surface area contributed by atoms with E-state index in [-0.39, 0.29) is 17.7 Å². The number of carbonyl (C=O) groups excluding carboxylic acids is 3. The maximum absolute atomic E-state index is 12.3. The van der Waals surface area contributed by atoms with E-state index in [1.54, 1.807) is 36.0 Å². The Hall–Kier alpha value is -1.82. The van der Waals surface area contributed by atoms with E-state index in [2.05, 4.69) is 0 Å². The highest BCUT2D eigenvalue weighted by atomic mass is 32.2. The van der Waals surface area contributed by atoms with Gasteiger partial charge in [-0.15, -0.1) is 0 Å². The third-order valence-electron chi connectivity index (χ3n) is 5.29. The second kappa shape index (κ2) is 8.71. The second-order valence-corrected chi connectivity index (χ2v) is 8.12. The molecule has 3 amide bonds. The zero-order valence-corrected chi connectivity index (χ0v) is 16.1. The zero-order valence-electron chi connectivity index (χ0n) is 15.3. The topological polar surface area (TPSA) is 57.7 Å². The third kappa shape index (κ3) is 4.11. The minimum Gasteiger partial charge on any atom is -0.342 e. The van der Waals surface area contributed by atoms with Gasteiger partial charge in [-0.1, -0.05) is 31.4 Å². The van der Waals surface area contributed by atoms with E-state index in [0.29, 0.717) is 35.9 Å². The predicted octanol–water partition coefficient (Wildman–Crippen LogP) is 3.20. The Morgan fingerprint density at radius 3 is 2.35 bits per heavy atom. The van der Waals surface area contributed by atoms with Crippen molar-refractivity contribution in [1.29, 1.82) is 0 Å². The first-order chi connectivity index (χ1) is 12.6. The van der Waals surface area contributed by atoms with Crippen LogP contribution < -0.4 is 0 Å². The summed E-state index contributed by atoms with van der Waals surface area (Å²) in [5.41, 5.74) is 0.990. The van der Waals surface area contributed by atoms with Crippen LogP contribution in [0.5, 0.6) is 0 Å². The first kappa shape index (κ1) is 19.0. The van der Waals surface area contributed by atoms with Crippen LogP contribution in [0.2, 0.25) is 0 Å². The van der Waals surface area contributed by atoms with Crippen LogP contribution in [0.15, 0.2) is 24.3 Å². The second-order valence-electron chi connectivity index (χ2n) is 7.01. The van der Waals surface area contributed by atoms with Gasteiger partial charge in [0.2, 0.25) is 5.91 Å². The van der Waals surface area contributed by atoms with Gasteiger partial charge < -0.3 is 4.90 Å². The quantitative estimate of drug-likeness (QED) is 0.543. The van der Waals surface area contributed by atoms with Gasteiger partial charge in [-0.25, -0.2) is 0 Å². The fourth-order valence-electron chi connectivity index (χ4n) is 3.70. The fourth-order valence-corrected chi connectivity index (χ4v) is 4.56. The molecule has 1 aliphatic carbocycles. The minimum atomic E-state index is -0.205. The number of rotatable bonds is 7. The molecule has 1 aromatic carbocycles. The van der Waals surface area contributed by atoms with Crippen molar-refractivity contribution in [2.75, 3.05) is 25.1 Å². The van der Waals surface area contributed by atoms with Gasteiger partial charge in [0.15, 0.2) is 0 Å². The van der Waals surface area contributed by atoms with E-state index in [1.165, 1.54) is 24.2 Å². The van der Waals surface area contributed by atoms with Gasteiger partial charge in [0, 0.05) is 19.6 Å². The summed E-state index contributed by atoms with van der Waals surface area (Å²) in [5.74, 6) is 1.00. The summed E-state index contributed by atoms with van der Waals surface area (Å²) in [4.78, 5) is 40.1. The van der Waals surface area contributed by atoms with Crippen LogP contribution in [-0.2, 0) is 4.79 Å². The molecule has 2 aliphatic rings. The highest BCUT2D eigenvalue weighted by Gasteiger charge is 2.34. The van der Waals surface area contributed by atoms with Crippen molar-refractivity contribution in [1.82, 2.24) is 9.80 Å². The standard InChI is InChI=1S/C20H26N2O3S/c1-21(15-8-3-2-4-9-15)18(23)14-26-13-7-12-22-19(24)16-10-5-6-11-17(16)20(22)25/h5-6,10-11,15H,2-4,7-9,12-14H2,1H3. The number of fused-ring (bicyclic) bond motifs is 1. The largest absolute Gasteiger partial charge is 0.342 e. The fraction of sp³-hybridized carbons (Fsp3) is 0.550.